The molecule has 2 aromatic rings. The molecular weight excluding hydrogens is 296 g/mol. The third-order valence-corrected chi connectivity index (χ3v) is 4.37. The van der Waals surface area contributed by atoms with Gasteiger partial charge in [-0.05, 0) is 25.5 Å². The number of nitrogens with one attached hydrogen (secondary N) is 1. The van der Waals surface area contributed by atoms with E-state index in [-0.39, 0.29) is 18.5 Å². The van der Waals surface area contributed by atoms with Crippen molar-refractivity contribution in [2.75, 3.05) is 6.54 Å². The Balaban J connectivity index is 1.85. The monoisotopic (exact) mass is 316 g/mol. The van der Waals surface area contributed by atoms with Crippen LogP contribution in [0.2, 0.25) is 0 Å². The molecule has 1 unspecified atom stereocenters. The number of nitrogens with zero attached hydrogens (tertiary/aromatic N) is 3. The Bertz CT molecular complexity index is 845. The van der Waals surface area contributed by atoms with Gasteiger partial charge in [-0.2, -0.15) is 0 Å². The van der Waals surface area contributed by atoms with Gasteiger partial charge in [0.05, 0.1) is 6.04 Å². The van der Waals surface area contributed by atoms with Crippen LogP contribution in [0.5, 0.6) is 0 Å². The maximum absolute atomic E-state index is 12.7. The van der Waals surface area contributed by atoms with Crippen LogP contribution in [0, 0.1) is 6.92 Å². The maximum atomic E-state index is 12.7. The maximum Gasteiger partial charge on any atom is 0.328 e. The highest BCUT2D eigenvalue weighted by Crippen LogP contribution is 2.28. The van der Waals surface area contributed by atoms with Crippen molar-refractivity contribution in [2.24, 2.45) is 0 Å². The molecule has 7 heteroatoms. The molecule has 3 heterocycles. The first-order chi connectivity index (χ1) is 11.0. The molecule has 1 aliphatic rings. The zero-order chi connectivity index (χ0) is 16.6. The van der Waals surface area contributed by atoms with Gasteiger partial charge in [0.2, 0.25) is 5.91 Å². The number of fused-ring (bicyclic) bond motifs is 1. The van der Waals surface area contributed by atoms with Crippen molar-refractivity contribution in [3.8, 4) is 0 Å². The van der Waals surface area contributed by atoms with E-state index in [4.69, 9.17) is 0 Å². The van der Waals surface area contributed by atoms with E-state index in [2.05, 4.69) is 9.55 Å². The second kappa shape index (κ2) is 5.91. The molecule has 0 saturated heterocycles. The number of aryl methyl sites for hydroxylation is 1. The van der Waals surface area contributed by atoms with Crippen molar-refractivity contribution < 1.29 is 4.79 Å². The molecule has 1 N–H and O–H groups in total. The zero-order valence-electron chi connectivity index (χ0n) is 13.3. The number of hydrogen-bond acceptors (Lipinski definition) is 3. The van der Waals surface area contributed by atoms with Crippen LogP contribution in [0.15, 0.2) is 34.1 Å². The number of hydrogen-bond donors (Lipinski definition) is 1. The van der Waals surface area contributed by atoms with Crippen molar-refractivity contribution in [3.05, 3.63) is 56.6 Å². The molecule has 0 radical (unpaired) electrons. The molecule has 3 rings (SSSR count). The van der Waals surface area contributed by atoms with Gasteiger partial charge < -0.3 is 9.47 Å². The van der Waals surface area contributed by atoms with Gasteiger partial charge in [-0.1, -0.05) is 6.92 Å². The van der Waals surface area contributed by atoms with Gasteiger partial charge in [-0.15, -0.1) is 0 Å². The van der Waals surface area contributed by atoms with Crippen LogP contribution in [0.25, 0.3) is 0 Å². The second-order valence-corrected chi connectivity index (χ2v) is 5.84. The number of amides is 1. The van der Waals surface area contributed by atoms with E-state index >= 15 is 0 Å². The first-order valence-corrected chi connectivity index (χ1v) is 7.76. The average Bonchev–Trinajstić information content (AvgIpc) is 3.00. The molecule has 0 fully saturated rings. The SMILES string of the molecule is CCC1c2cccn2CCN1C(=O)Cn1cc(C)c(=O)[nH]c1=O. The highest BCUT2D eigenvalue weighted by molar-refractivity contribution is 5.76. The Morgan fingerprint density at radius 2 is 2.13 bits per heavy atom. The molecule has 0 saturated carbocycles. The van der Waals surface area contributed by atoms with Crippen molar-refractivity contribution in [2.45, 2.75) is 39.4 Å². The van der Waals surface area contributed by atoms with E-state index in [1.807, 2.05) is 30.2 Å². The summed E-state index contributed by atoms with van der Waals surface area (Å²) in [4.78, 5) is 40.0. The Morgan fingerprint density at radius 1 is 1.35 bits per heavy atom. The molecule has 0 spiro atoms. The Hall–Kier alpha value is -2.57. The van der Waals surface area contributed by atoms with Crippen LogP contribution < -0.4 is 11.2 Å². The van der Waals surface area contributed by atoms with Crippen LogP contribution in [0.4, 0.5) is 0 Å². The summed E-state index contributed by atoms with van der Waals surface area (Å²) in [6.07, 6.45) is 4.28. The Morgan fingerprint density at radius 3 is 2.87 bits per heavy atom. The van der Waals surface area contributed by atoms with Gasteiger partial charge in [-0.25, -0.2) is 4.79 Å². The van der Waals surface area contributed by atoms with E-state index in [1.165, 1.54) is 10.8 Å². The average molecular weight is 316 g/mol. The van der Waals surface area contributed by atoms with Crippen LogP contribution in [0.3, 0.4) is 0 Å². The van der Waals surface area contributed by atoms with E-state index in [1.54, 1.807) is 6.92 Å². The predicted molar refractivity (Wildman–Crippen MR) is 85.2 cm³/mol. The number of rotatable bonds is 3. The first-order valence-electron chi connectivity index (χ1n) is 7.76. The summed E-state index contributed by atoms with van der Waals surface area (Å²) >= 11 is 0. The van der Waals surface area contributed by atoms with Crippen LogP contribution in [-0.2, 0) is 17.9 Å². The van der Waals surface area contributed by atoms with Gasteiger partial charge in [0.1, 0.15) is 6.54 Å². The lowest BCUT2D eigenvalue weighted by molar-refractivity contribution is -0.135. The highest BCUT2D eigenvalue weighted by atomic mass is 16.2. The van der Waals surface area contributed by atoms with Gasteiger partial charge in [0.25, 0.3) is 5.56 Å². The third-order valence-electron chi connectivity index (χ3n) is 4.37. The molecule has 7 nitrogen and oxygen atoms in total. The third kappa shape index (κ3) is 2.74. The Kier molecular flexibility index (Phi) is 3.94. The molecule has 2 aromatic heterocycles. The van der Waals surface area contributed by atoms with Crippen LogP contribution in [0.1, 0.15) is 30.6 Å². The Labute approximate surface area is 133 Å². The van der Waals surface area contributed by atoms with Crippen molar-refractivity contribution in [1.82, 2.24) is 19.0 Å². The fourth-order valence-electron chi connectivity index (χ4n) is 3.16. The minimum atomic E-state index is -0.553. The van der Waals surface area contributed by atoms with Gasteiger partial charge in [0, 0.05) is 36.7 Å². The molecule has 0 bridgehead atoms. The fourth-order valence-corrected chi connectivity index (χ4v) is 3.16. The largest absolute Gasteiger partial charge is 0.348 e. The zero-order valence-corrected chi connectivity index (χ0v) is 13.3. The number of aromatic amines is 1. The molecule has 1 aliphatic heterocycles. The molecule has 23 heavy (non-hydrogen) atoms. The number of H-pyrrole nitrogens is 1. The second-order valence-electron chi connectivity index (χ2n) is 5.84. The minimum Gasteiger partial charge on any atom is -0.348 e. The molecule has 0 aliphatic carbocycles. The fraction of sp³-hybridized carbons (Fsp3) is 0.438. The van der Waals surface area contributed by atoms with Crippen molar-refractivity contribution >= 4 is 5.91 Å². The smallest absolute Gasteiger partial charge is 0.328 e. The number of aromatic nitrogens is 3. The predicted octanol–water partition coefficient (Wildman–Crippen LogP) is 0.640. The summed E-state index contributed by atoms with van der Waals surface area (Å²) in [6, 6.07) is 4.04. The number of carbonyl (C=O) groups excluding carboxylic acids is 1. The van der Waals surface area contributed by atoms with E-state index in [0.29, 0.717) is 12.1 Å². The van der Waals surface area contributed by atoms with Gasteiger partial charge >= 0.3 is 5.69 Å². The molecule has 0 aromatic carbocycles. The lowest BCUT2D eigenvalue weighted by atomic mass is 10.1. The summed E-state index contributed by atoms with van der Waals surface area (Å²) in [5, 5.41) is 0. The number of carbonyl (C=O) groups is 1. The molecular formula is C16H20N4O3. The molecule has 1 atom stereocenters. The first kappa shape index (κ1) is 15.3. The normalized spacial score (nSPS) is 17.1. The van der Waals surface area contributed by atoms with Crippen molar-refractivity contribution in [1.29, 1.82) is 0 Å². The van der Waals surface area contributed by atoms with Crippen molar-refractivity contribution in [3.63, 3.8) is 0 Å². The lowest BCUT2D eigenvalue weighted by Crippen LogP contribution is -2.44. The lowest BCUT2D eigenvalue weighted by Gasteiger charge is -2.36. The standard InChI is InChI=1S/C16H20N4O3/c1-3-12-13-5-4-6-18(13)7-8-20(12)14(21)10-19-9-11(2)15(22)17-16(19)23/h4-6,9,12H,3,7-8,10H2,1-2H3,(H,17,22,23). The summed E-state index contributed by atoms with van der Waals surface area (Å²) in [5.41, 5.74) is 0.567. The summed E-state index contributed by atoms with van der Waals surface area (Å²) in [5.74, 6) is -0.113. The molecule has 1 amide bonds. The van der Waals surface area contributed by atoms with E-state index < -0.39 is 11.2 Å². The molecule has 122 valence electrons. The highest BCUT2D eigenvalue weighted by Gasteiger charge is 2.29. The quantitative estimate of drug-likeness (QED) is 0.902. The topological polar surface area (TPSA) is 80.1 Å². The summed E-state index contributed by atoms with van der Waals surface area (Å²) < 4.78 is 3.42. The van der Waals surface area contributed by atoms with Gasteiger partial charge in [0.15, 0.2) is 0 Å². The van der Waals surface area contributed by atoms with E-state index in [0.717, 1.165) is 18.7 Å². The van der Waals surface area contributed by atoms with Crippen LogP contribution in [-0.4, -0.2) is 31.5 Å². The van der Waals surface area contributed by atoms with E-state index in [9.17, 15) is 14.4 Å². The summed E-state index contributed by atoms with van der Waals surface area (Å²) in [7, 11) is 0. The minimum absolute atomic E-state index is 0.0193. The van der Waals surface area contributed by atoms with Gasteiger partial charge in [-0.3, -0.25) is 19.1 Å². The van der Waals surface area contributed by atoms with Crippen LogP contribution >= 0.6 is 0 Å². The summed E-state index contributed by atoms with van der Waals surface area (Å²) in [6.45, 7) is 4.97.